The average molecular weight is 249 g/mol. The van der Waals surface area contributed by atoms with Crippen LogP contribution >= 0.6 is 11.6 Å². The van der Waals surface area contributed by atoms with Crippen molar-refractivity contribution in [3.8, 4) is 0 Å². The minimum Gasteiger partial charge on any atom is -0.337 e. The number of amides is 1. The zero-order valence-electron chi connectivity index (χ0n) is 9.08. The van der Waals surface area contributed by atoms with Crippen LogP contribution in [0.1, 0.15) is 15.9 Å². The van der Waals surface area contributed by atoms with Gasteiger partial charge in [-0.2, -0.15) is 0 Å². The van der Waals surface area contributed by atoms with Gasteiger partial charge in [0.05, 0.1) is 23.2 Å². The first-order valence-corrected chi connectivity index (χ1v) is 5.55. The largest absolute Gasteiger partial charge is 0.337 e. The van der Waals surface area contributed by atoms with Crippen molar-refractivity contribution >= 4 is 28.4 Å². The maximum atomic E-state index is 12.0. The van der Waals surface area contributed by atoms with E-state index in [0.717, 1.165) is 5.39 Å². The van der Waals surface area contributed by atoms with E-state index in [9.17, 15) is 9.59 Å². The third-order valence-electron chi connectivity index (χ3n) is 3.03. The van der Waals surface area contributed by atoms with Crippen molar-refractivity contribution < 1.29 is 4.79 Å². The Morgan fingerprint density at radius 1 is 1.35 bits per heavy atom. The van der Waals surface area contributed by atoms with Crippen LogP contribution in [0.4, 0.5) is 0 Å². The molecule has 1 amide bonds. The Kier molecular flexibility index (Phi) is 2.03. The van der Waals surface area contributed by atoms with Crippen molar-refractivity contribution in [2.75, 3.05) is 7.05 Å². The number of nitrogens with zero attached hydrogens (tertiary/aromatic N) is 1. The molecule has 1 aromatic heterocycles. The molecule has 86 valence electrons. The first-order chi connectivity index (χ1) is 8.08. The Bertz CT molecular complexity index is 705. The summed E-state index contributed by atoms with van der Waals surface area (Å²) in [5.74, 6) is -0.113. The maximum Gasteiger partial charge on any atom is 0.255 e. The van der Waals surface area contributed by atoms with E-state index in [0.29, 0.717) is 28.2 Å². The Hall–Kier alpha value is -1.81. The topological polar surface area (TPSA) is 53.2 Å². The van der Waals surface area contributed by atoms with Gasteiger partial charge in [0, 0.05) is 17.5 Å². The van der Waals surface area contributed by atoms with Crippen LogP contribution in [0, 0.1) is 0 Å². The van der Waals surface area contributed by atoms with Crippen LogP contribution in [0.3, 0.4) is 0 Å². The monoisotopic (exact) mass is 248 g/mol. The lowest BCUT2D eigenvalue weighted by atomic mass is 10.1. The minimum absolute atomic E-state index is 0.113. The number of rotatable bonds is 0. The number of carbonyl (C=O) groups excluding carboxylic acids is 1. The number of H-pyrrole nitrogens is 1. The highest BCUT2D eigenvalue weighted by molar-refractivity contribution is 6.31. The maximum absolute atomic E-state index is 12.0. The summed E-state index contributed by atoms with van der Waals surface area (Å²) in [5.41, 5.74) is 1.42. The van der Waals surface area contributed by atoms with E-state index >= 15 is 0 Å². The highest BCUT2D eigenvalue weighted by Gasteiger charge is 2.29. The van der Waals surface area contributed by atoms with Gasteiger partial charge < -0.3 is 9.88 Å². The van der Waals surface area contributed by atoms with Crippen molar-refractivity contribution in [1.29, 1.82) is 0 Å². The Morgan fingerprint density at radius 3 is 2.88 bits per heavy atom. The zero-order valence-corrected chi connectivity index (χ0v) is 9.84. The first-order valence-electron chi connectivity index (χ1n) is 5.18. The predicted octanol–water partition coefficient (Wildman–Crippen LogP) is 1.77. The van der Waals surface area contributed by atoms with Crippen molar-refractivity contribution in [1.82, 2.24) is 9.88 Å². The summed E-state index contributed by atoms with van der Waals surface area (Å²) in [6.45, 7) is 0.363. The molecule has 4 nitrogen and oxygen atoms in total. The summed E-state index contributed by atoms with van der Waals surface area (Å²) in [4.78, 5) is 28.1. The van der Waals surface area contributed by atoms with E-state index in [1.54, 1.807) is 25.2 Å². The molecule has 1 N–H and O–H groups in total. The van der Waals surface area contributed by atoms with E-state index in [-0.39, 0.29) is 11.5 Å². The fourth-order valence-electron chi connectivity index (χ4n) is 2.21. The van der Waals surface area contributed by atoms with Crippen molar-refractivity contribution in [3.63, 3.8) is 0 Å². The molecule has 1 aromatic carbocycles. The molecule has 17 heavy (non-hydrogen) atoms. The molecule has 5 heteroatoms. The number of aromatic nitrogens is 1. The average Bonchev–Trinajstić information content (AvgIpc) is 2.57. The van der Waals surface area contributed by atoms with Gasteiger partial charge in [-0.05, 0) is 12.1 Å². The lowest BCUT2D eigenvalue weighted by Gasteiger charge is -2.05. The van der Waals surface area contributed by atoms with Crippen LogP contribution in [0.25, 0.3) is 10.9 Å². The second-order valence-corrected chi connectivity index (χ2v) is 4.60. The summed E-state index contributed by atoms with van der Waals surface area (Å²) in [7, 11) is 1.68. The third kappa shape index (κ3) is 1.37. The van der Waals surface area contributed by atoms with Gasteiger partial charge >= 0.3 is 0 Å². The highest BCUT2D eigenvalue weighted by Crippen LogP contribution is 2.27. The Balaban J connectivity index is 2.47. The summed E-state index contributed by atoms with van der Waals surface area (Å²) in [6.07, 6.45) is 0. The molecule has 0 saturated carbocycles. The molecule has 2 aromatic rings. The summed E-state index contributed by atoms with van der Waals surface area (Å²) in [5, 5.41) is 1.28. The number of fused-ring (bicyclic) bond motifs is 3. The molecule has 1 aliphatic rings. The quantitative estimate of drug-likeness (QED) is 0.773. The number of nitrogens with one attached hydrogen (secondary N) is 1. The number of aromatic amines is 1. The summed E-state index contributed by atoms with van der Waals surface area (Å²) >= 11 is 5.87. The second-order valence-electron chi connectivity index (χ2n) is 4.16. The SMILES string of the molecule is CN1Cc2c(c3ccc(Cl)cc3[nH]c2=O)C1=O. The highest BCUT2D eigenvalue weighted by atomic mass is 35.5. The van der Waals surface area contributed by atoms with Gasteiger partial charge in [0.25, 0.3) is 11.5 Å². The molecule has 0 radical (unpaired) electrons. The van der Waals surface area contributed by atoms with Gasteiger partial charge in [0.2, 0.25) is 0 Å². The molecule has 2 heterocycles. The first kappa shape index (κ1) is 10.4. The van der Waals surface area contributed by atoms with Gasteiger partial charge in [0.15, 0.2) is 0 Å². The van der Waals surface area contributed by atoms with E-state index in [4.69, 9.17) is 11.6 Å². The minimum atomic E-state index is -0.215. The summed E-state index contributed by atoms with van der Waals surface area (Å²) in [6, 6.07) is 5.14. The molecule has 1 aliphatic heterocycles. The molecule has 0 fully saturated rings. The number of pyridine rings is 1. The molecule has 0 saturated heterocycles. The molecule has 3 rings (SSSR count). The number of halogens is 1. The molecule has 0 atom stereocenters. The van der Waals surface area contributed by atoms with Gasteiger partial charge in [-0.3, -0.25) is 9.59 Å². The predicted molar refractivity (Wildman–Crippen MR) is 65.4 cm³/mol. The molecule has 0 unspecified atom stereocenters. The van der Waals surface area contributed by atoms with E-state index < -0.39 is 0 Å². The lowest BCUT2D eigenvalue weighted by molar-refractivity contribution is 0.0818. The number of benzene rings is 1. The lowest BCUT2D eigenvalue weighted by Crippen LogP contribution is -2.17. The van der Waals surface area contributed by atoms with Crippen LogP contribution in [-0.2, 0) is 6.54 Å². The van der Waals surface area contributed by atoms with Crippen LogP contribution in [0.5, 0.6) is 0 Å². The van der Waals surface area contributed by atoms with Crippen molar-refractivity contribution in [2.24, 2.45) is 0 Å². The standard InChI is InChI=1S/C12H9ClN2O2/c1-15-5-8-10(12(15)17)7-3-2-6(13)4-9(7)14-11(8)16/h2-4H,5H2,1H3,(H,14,16). The van der Waals surface area contributed by atoms with E-state index in [1.807, 2.05) is 0 Å². The summed E-state index contributed by atoms with van der Waals surface area (Å²) < 4.78 is 0. The smallest absolute Gasteiger partial charge is 0.255 e. The van der Waals surface area contributed by atoms with Gasteiger partial charge in [-0.15, -0.1) is 0 Å². The second kappa shape index (κ2) is 3.34. The molecular formula is C12H9ClN2O2. The Morgan fingerprint density at radius 2 is 2.12 bits per heavy atom. The number of hydrogen-bond acceptors (Lipinski definition) is 2. The number of hydrogen-bond donors (Lipinski definition) is 1. The van der Waals surface area contributed by atoms with Crippen molar-refractivity contribution in [2.45, 2.75) is 6.54 Å². The normalized spacial score (nSPS) is 14.5. The van der Waals surface area contributed by atoms with Gasteiger partial charge in [0.1, 0.15) is 0 Å². The molecular weight excluding hydrogens is 240 g/mol. The fourth-order valence-corrected chi connectivity index (χ4v) is 2.38. The molecule has 0 spiro atoms. The van der Waals surface area contributed by atoms with Gasteiger partial charge in [-0.1, -0.05) is 17.7 Å². The van der Waals surface area contributed by atoms with Crippen molar-refractivity contribution in [3.05, 3.63) is 44.7 Å². The van der Waals surface area contributed by atoms with Crippen LogP contribution in [0.2, 0.25) is 5.02 Å². The third-order valence-corrected chi connectivity index (χ3v) is 3.27. The number of carbonyl (C=O) groups is 1. The van der Waals surface area contributed by atoms with E-state index in [1.165, 1.54) is 4.90 Å². The van der Waals surface area contributed by atoms with Crippen LogP contribution < -0.4 is 5.56 Å². The van der Waals surface area contributed by atoms with Crippen LogP contribution in [0.15, 0.2) is 23.0 Å². The fraction of sp³-hybridized carbons (Fsp3) is 0.167. The van der Waals surface area contributed by atoms with Crippen LogP contribution in [-0.4, -0.2) is 22.8 Å². The zero-order chi connectivity index (χ0) is 12.2. The Labute approximate surface area is 102 Å². The molecule has 0 bridgehead atoms. The molecule has 0 aliphatic carbocycles. The van der Waals surface area contributed by atoms with Gasteiger partial charge in [-0.25, -0.2) is 0 Å². The van der Waals surface area contributed by atoms with E-state index in [2.05, 4.69) is 4.98 Å².